The predicted octanol–water partition coefficient (Wildman–Crippen LogP) is 5.72. The highest BCUT2D eigenvalue weighted by Crippen LogP contribution is 2.16. The first-order chi connectivity index (χ1) is 14.1. The summed E-state index contributed by atoms with van der Waals surface area (Å²) in [6, 6.07) is 28.0. The predicted molar refractivity (Wildman–Crippen MR) is 118 cm³/mol. The molecule has 0 spiro atoms. The zero-order chi connectivity index (χ0) is 20.5. The molecule has 0 atom stereocenters. The monoisotopic (exact) mass is 385 g/mol. The Labute approximate surface area is 173 Å². The zero-order valence-corrected chi connectivity index (χ0v) is 17.0. The fourth-order valence-corrected chi connectivity index (χ4v) is 2.97. The third-order valence-corrected chi connectivity index (χ3v) is 4.65. The first-order valence-electron chi connectivity index (χ1n) is 9.91. The van der Waals surface area contributed by atoms with Gasteiger partial charge >= 0.3 is 0 Å². The molecule has 3 heteroatoms. The van der Waals surface area contributed by atoms with Crippen molar-refractivity contribution in [1.29, 1.82) is 0 Å². The van der Waals surface area contributed by atoms with Crippen LogP contribution in [0.25, 0.3) is 6.08 Å². The van der Waals surface area contributed by atoms with Gasteiger partial charge in [-0.15, -0.1) is 0 Å². The van der Waals surface area contributed by atoms with Crippen molar-refractivity contribution in [2.24, 2.45) is 0 Å². The van der Waals surface area contributed by atoms with E-state index in [1.165, 1.54) is 0 Å². The highest BCUT2D eigenvalue weighted by atomic mass is 16.5. The van der Waals surface area contributed by atoms with E-state index in [0.717, 1.165) is 22.4 Å². The molecule has 0 N–H and O–H groups in total. The number of amides is 1. The van der Waals surface area contributed by atoms with Crippen molar-refractivity contribution in [3.05, 3.63) is 108 Å². The van der Waals surface area contributed by atoms with Crippen molar-refractivity contribution in [3.8, 4) is 5.75 Å². The molecule has 29 heavy (non-hydrogen) atoms. The topological polar surface area (TPSA) is 29.5 Å². The number of nitrogens with zero attached hydrogens (tertiary/aromatic N) is 1. The van der Waals surface area contributed by atoms with Crippen LogP contribution in [0.15, 0.2) is 91.0 Å². The Kier molecular flexibility index (Phi) is 7.23. The lowest BCUT2D eigenvalue weighted by molar-refractivity contribution is -0.128. The zero-order valence-electron chi connectivity index (χ0n) is 17.0. The van der Waals surface area contributed by atoms with Crippen LogP contribution in [0.5, 0.6) is 5.75 Å². The van der Waals surface area contributed by atoms with E-state index in [0.29, 0.717) is 13.2 Å². The van der Waals surface area contributed by atoms with Crippen LogP contribution in [-0.2, 0) is 17.9 Å². The molecule has 3 aromatic rings. The maximum absolute atomic E-state index is 12.7. The molecule has 0 aliphatic rings. The van der Waals surface area contributed by atoms with Crippen LogP contribution >= 0.6 is 0 Å². The number of ether oxygens (including phenoxy) is 1. The average molecular weight is 386 g/mol. The van der Waals surface area contributed by atoms with Gasteiger partial charge < -0.3 is 9.64 Å². The standard InChI is InChI=1S/C26H27NO2/c1-21(2)27(19-23-9-5-3-6-10-23)26(28)18-15-22-13-16-25(17-14-22)29-20-24-11-7-4-8-12-24/h3-18,21H,19-20H2,1-2H3/b18-15+. The number of hydrogen-bond acceptors (Lipinski definition) is 2. The quantitative estimate of drug-likeness (QED) is 0.464. The Morgan fingerprint density at radius 2 is 1.45 bits per heavy atom. The maximum Gasteiger partial charge on any atom is 0.247 e. The number of hydrogen-bond donors (Lipinski definition) is 0. The van der Waals surface area contributed by atoms with Gasteiger partial charge in [0.15, 0.2) is 0 Å². The summed E-state index contributed by atoms with van der Waals surface area (Å²) < 4.78 is 5.81. The van der Waals surface area contributed by atoms with E-state index in [1.807, 2.05) is 110 Å². The molecule has 0 saturated heterocycles. The van der Waals surface area contributed by atoms with Gasteiger partial charge in [-0.3, -0.25) is 4.79 Å². The summed E-state index contributed by atoms with van der Waals surface area (Å²) in [5, 5.41) is 0. The van der Waals surface area contributed by atoms with Gasteiger partial charge in [0.05, 0.1) is 0 Å². The first kappa shape index (κ1) is 20.4. The minimum atomic E-state index is 0.00765. The number of benzene rings is 3. The van der Waals surface area contributed by atoms with Gasteiger partial charge in [0, 0.05) is 18.7 Å². The van der Waals surface area contributed by atoms with Crippen LogP contribution in [0.2, 0.25) is 0 Å². The second-order valence-corrected chi connectivity index (χ2v) is 7.22. The Morgan fingerprint density at radius 3 is 2.03 bits per heavy atom. The van der Waals surface area contributed by atoms with Crippen molar-refractivity contribution in [2.75, 3.05) is 0 Å². The van der Waals surface area contributed by atoms with E-state index in [2.05, 4.69) is 0 Å². The normalized spacial score (nSPS) is 11.0. The second-order valence-electron chi connectivity index (χ2n) is 7.22. The molecule has 3 nitrogen and oxygen atoms in total. The summed E-state index contributed by atoms with van der Waals surface area (Å²) in [6.07, 6.45) is 3.49. The number of rotatable bonds is 8. The van der Waals surface area contributed by atoms with Gasteiger partial charge in [-0.25, -0.2) is 0 Å². The molecule has 0 heterocycles. The molecule has 0 aliphatic heterocycles. The Balaban J connectivity index is 1.58. The molecule has 0 radical (unpaired) electrons. The third-order valence-electron chi connectivity index (χ3n) is 4.65. The number of carbonyl (C=O) groups is 1. The molecule has 0 fully saturated rings. The van der Waals surface area contributed by atoms with Crippen molar-refractivity contribution in [2.45, 2.75) is 33.0 Å². The molecule has 0 aliphatic carbocycles. The lowest BCUT2D eigenvalue weighted by atomic mass is 10.1. The van der Waals surface area contributed by atoms with Crippen molar-refractivity contribution in [3.63, 3.8) is 0 Å². The smallest absolute Gasteiger partial charge is 0.247 e. The molecule has 3 aromatic carbocycles. The number of carbonyl (C=O) groups excluding carboxylic acids is 1. The molecule has 3 rings (SSSR count). The van der Waals surface area contributed by atoms with Crippen LogP contribution in [0, 0.1) is 0 Å². The third kappa shape index (κ3) is 6.35. The van der Waals surface area contributed by atoms with Crippen LogP contribution in [-0.4, -0.2) is 16.8 Å². The van der Waals surface area contributed by atoms with Gasteiger partial charge in [0.2, 0.25) is 5.91 Å². The first-order valence-corrected chi connectivity index (χ1v) is 9.91. The second kappa shape index (κ2) is 10.3. The van der Waals surface area contributed by atoms with Gasteiger partial charge in [-0.1, -0.05) is 72.8 Å². The maximum atomic E-state index is 12.7. The van der Waals surface area contributed by atoms with Crippen LogP contribution in [0.1, 0.15) is 30.5 Å². The van der Waals surface area contributed by atoms with Crippen LogP contribution < -0.4 is 4.74 Å². The fraction of sp³-hybridized carbons (Fsp3) is 0.192. The Morgan fingerprint density at radius 1 is 0.862 bits per heavy atom. The molecular weight excluding hydrogens is 358 g/mol. The van der Waals surface area contributed by atoms with Crippen molar-refractivity contribution in [1.82, 2.24) is 4.90 Å². The van der Waals surface area contributed by atoms with Crippen LogP contribution in [0.3, 0.4) is 0 Å². The van der Waals surface area contributed by atoms with E-state index < -0.39 is 0 Å². The average Bonchev–Trinajstić information content (AvgIpc) is 2.76. The minimum absolute atomic E-state index is 0.00765. The largest absolute Gasteiger partial charge is 0.489 e. The Hall–Kier alpha value is -3.33. The highest BCUT2D eigenvalue weighted by molar-refractivity contribution is 5.92. The Bertz CT molecular complexity index is 916. The molecule has 0 unspecified atom stereocenters. The highest BCUT2D eigenvalue weighted by Gasteiger charge is 2.14. The summed E-state index contributed by atoms with van der Waals surface area (Å²) in [6.45, 7) is 5.21. The molecule has 148 valence electrons. The summed E-state index contributed by atoms with van der Waals surface area (Å²) >= 11 is 0. The van der Waals surface area contributed by atoms with Crippen LogP contribution in [0.4, 0.5) is 0 Å². The van der Waals surface area contributed by atoms with Gasteiger partial charge in [0.1, 0.15) is 12.4 Å². The molecular formula is C26H27NO2. The molecule has 0 aromatic heterocycles. The van der Waals surface area contributed by atoms with Crippen molar-refractivity contribution < 1.29 is 9.53 Å². The van der Waals surface area contributed by atoms with E-state index in [-0.39, 0.29) is 11.9 Å². The van der Waals surface area contributed by atoms with E-state index >= 15 is 0 Å². The minimum Gasteiger partial charge on any atom is -0.489 e. The van der Waals surface area contributed by atoms with Gasteiger partial charge in [0.25, 0.3) is 0 Å². The summed E-state index contributed by atoms with van der Waals surface area (Å²) in [4.78, 5) is 14.6. The summed E-state index contributed by atoms with van der Waals surface area (Å²) in [7, 11) is 0. The fourth-order valence-electron chi connectivity index (χ4n) is 2.97. The molecule has 0 bridgehead atoms. The van der Waals surface area contributed by atoms with Crippen molar-refractivity contribution >= 4 is 12.0 Å². The summed E-state index contributed by atoms with van der Waals surface area (Å²) in [5.41, 5.74) is 3.23. The van der Waals surface area contributed by atoms with E-state index in [9.17, 15) is 4.79 Å². The lowest BCUT2D eigenvalue weighted by Crippen LogP contribution is -2.35. The molecule has 0 saturated carbocycles. The SMILES string of the molecule is CC(C)N(Cc1ccccc1)C(=O)/C=C/c1ccc(OCc2ccccc2)cc1. The van der Waals surface area contributed by atoms with Gasteiger partial charge in [-0.2, -0.15) is 0 Å². The van der Waals surface area contributed by atoms with Gasteiger partial charge in [-0.05, 0) is 48.7 Å². The molecule has 1 amide bonds. The van der Waals surface area contributed by atoms with E-state index in [4.69, 9.17) is 4.74 Å². The lowest BCUT2D eigenvalue weighted by Gasteiger charge is -2.25. The summed E-state index contributed by atoms with van der Waals surface area (Å²) in [5.74, 6) is 0.818. The van der Waals surface area contributed by atoms with E-state index in [1.54, 1.807) is 6.08 Å².